The molecule has 0 unspecified atom stereocenters. The quantitative estimate of drug-likeness (QED) is 0.619. The van der Waals surface area contributed by atoms with E-state index in [4.69, 9.17) is 4.74 Å². The largest absolute Gasteiger partial charge is 0.495 e. The minimum absolute atomic E-state index is 0.257. The normalized spacial score (nSPS) is 10.4. The maximum absolute atomic E-state index is 13.0. The highest BCUT2D eigenvalue weighted by atomic mass is 79.9. The van der Waals surface area contributed by atoms with Gasteiger partial charge < -0.3 is 10.1 Å². The number of halogens is 4. The van der Waals surface area contributed by atoms with E-state index in [1.807, 2.05) is 12.1 Å². The number of benzene rings is 2. The van der Waals surface area contributed by atoms with Crippen LogP contribution in [0.4, 0.5) is 10.1 Å². The summed E-state index contributed by atoms with van der Waals surface area (Å²) in [5, 5.41) is 3.29. The van der Waals surface area contributed by atoms with E-state index in [1.165, 1.54) is 12.1 Å². The third kappa shape index (κ3) is 3.74. The van der Waals surface area contributed by atoms with Gasteiger partial charge in [-0.25, -0.2) is 4.39 Å². The molecule has 106 valence electrons. The van der Waals surface area contributed by atoms with Crippen molar-refractivity contribution >= 4 is 53.5 Å². The second-order valence-corrected chi connectivity index (χ2v) is 6.62. The second-order valence-electron chi connectivity index (χ2n) is 4.06. The Hall–Kier alpha value is -0.590. The Morgan fingerprint density at radius 1 is 1.05 bits per heavy atom. The van der Waals surface area contributed by atoms with Gasteiger partial charge in [-0.1, -0.05) is 22.0 Å². The maximum atomic E-state index is 13.0. The smallest absolute Gasteiger partial charge is 0.135 e. The van der Waals surface area contributed by atoms with Crippen LogP contribution in [0, 0.1) is 5.82 Å². The van der Waals surface area contributed by atoms with E-state index in [0.29, 0.717) is 6.54 Å². The van der Waals surface area contributed by atoms with Gasteiger partial charge in [-0.15, -0.1) is 0 Å². The van der Waals surface area contributed by atoms with Crippen LogP contribution in [0.2, 0.25) is 0 Å². The zero-order valence-electron chi connectivity index (χ0n) is 10.5. The van der Waals surface area contributed by atoms with Crippen molar-refractivity contribution in [3.05, 3.63) is 55.1 Å². The standard InChI is InChI=1S/C14H11Br3FNO/c1-20-14-6-13(11(16)5-12(14)17)19-7-8-2-3-9(18)4-10(8)15/h2-6,19H,7H2,1H3. The zero-order chi connectivity index (χ0) is 14.7. The van der Waals surface area contributed by atoms with Crippen molar-refractivity contribution in [1.29, 1.82) is 0 Å². The molecule has 0 amide bonds. The fourth-order valence-electron chi connectivity index (χ4n) is 1.68. The summed E-state index contributed by atoms with van der Waals surface area (Å²) < 4.78 is 20.8. The summed E-state index contributed by atoms with van der Waals surface area (Å²) in [6.45, 7) is 0.574. The first-order valence-electron chi connectivity index (χ1n) is 5.72. The van der Waals surface area contributed by atoms with Crippen LogP contribution in [-0.4, -0.2) is 7.11 Å². The molecule has 0 spiro atoms. The summed E-state index contributed by atoms with van der Waals surface area (Å²) in [6.07, 6.45) is 0. The van der Waals surface area contributed by atoms with Gasteiger partial charge in [0.1, 0.15) is 11.6 Å². The fraction of sp³-hybridized carbons (Fsp3) is 0.143. The molecule has 0 aliphatic heterocycles. The first-order valence-corrected chi connectivity index (χ1v) is 8.10. The van der Waals surface area contributed by atoms with Gasteiger partial charge in [0.2, 0.25) is 0 Å². The van der Waals surface area contributed by atoms with Gasteiger partial charge in [0.15, 0.2) is 0 Å². The molecular formula is C14H11Br3FNO. The summed E-state index contributed by atoms with van der Waals surface area (Å²) in [5.74, 6) is 0.487. The lowest BCUT2D eigenvalue weighted by molar-refractivity contribution is 0.412. The number of anilines is 1. The van der Waals surface area contributed by atoms with E-state index in [2.05, 4.69) is 53.1 Å². The lowest BCUT2D eigenvalue weighted by atomic mass is 10.2. The third-order valence-electron chi connectivity index (χ3n) is 2.73. The molecule has 0 saturated carbocycles. The molecular weight excluding hydrogens is 457 g/mol. The number of ether oxygens (including phenoxy) is 1. The average Bonchev–Trinajstić information content (AvgIpc) is 2.39. The Kier molecular flexibility index (Phi) is 5.46. The SMILES string of the molecule is COc1cc(NCc2ccc(F)cc2Br)c(Br)cc1Br. The molecule has 0 heterocycles. The van der Waals surface area contributed by atoms with E-state index in [0.717, 1.165) is 30.4 Å². The molecule has 2 aromatic rings. The highest BCUT2D eigenvalue weighted by molar-refractivity contribution is 9.11. The molecule has 0 aromatic heterocycles. The van der Waals surface area contributed by atoms with E-state index < -0.39 is 0 Å². The Bertz CT molecular complexity index is 634. The van der Waals surface area contributed by atoms with Crippen molar-refractivity contribution in [2.45, 2.75) is 6.54 Å². The lowest BCUT2D eigenvalue weighted by Crippen LogP contribution is -2.02. The van der Waals surface area contributed by atoms with Crippen LogP contribution in [0.1, 0.15) is 5.56 Å². The summed E-state index contributed by atoms with van der Waals surface area (Å²) in [5.41, 5.74) is 1.88. The number of hydrogen-bond donors (Lipinski definition) is 1. The van der Waals surface area contributed by atoms with E-state index in [-0.39, 0.29) is 5.82 Å². The minimum Gasteiger partial charge on any atom is -0.495 e. The predicted octanol–water partition coefficient (Wildman–Crippen LogP) is 5.73. The number of nitrogens with one attached hydrogen (secondary N) is 1. The Morgan fingerprint density at radius 3 is 2.45 bits per heavy atom. The highest BCUT2D eigenvalue weighted by Gasteiger charge is 2.08. The van der Waals surface area contributed by atoms with Crippen LogP contribution in [0.3, 0.4) is 0 Å². The minimum atomic E-state index is -0.257. The second kappa shape index (κ2) is 6.91. The van der Waals surface area contributed by atoms with Gasteiger partial charge in [0.05, 0.1) is 17.3 Å². The van der Waals surface area contributed by atoms with Gasteiger partial charge in [-0.05, 0) is 55.6 Å². The molecule has 0 saturated heterocycles. The lowest BCUT2D eigenvalue weighted by Gasteiger charge is -2.12. The third-order valence-corrected chi connectivity index (χ3v) is 4.74. The Labute approximate surface area is 142 Å². The van der Waals surface area contributed by atoms with Crippen molar-refractivity contribution in [2.75, 3.05) is 12.4 Å². The van der Waals surface area contributed by atoms with Crippen LogP contribution in [0.15, 0.2) is 43.7 Å². The van der Waals surface area contributed by atoms with Crippen LogP contribution >= 0.6 is 47.8 Å². The molecule has 6 heteroatoms. The van der Waals surface area contributed by atoms with Gasteiger partial charge in [0.25, 0.3) is 0 Å². The molecule has 0 atom stereocenters. The molecule has 0 aliphatic carbocycles. The highest BCUT2D eigenvalue weighted by Crippen LogP contribution is 2.35. The van der Waals surface area contributed by atoms with Crippen molar-refractivity contribution < 1.29 is 9.13 Å². The summed E-state index contributed by atoms with van der Waals surface area (Å²) in [6, 6.07) is 8.45. The predicted molar refractivity (Wildman–Crippen MR) is 89.8 cm³/mol. The topological polar surface area (TPSA) is 21.3 Å². The van der Waals surface area contributed by atoms with Gasteiger partial charge in [0, 0.05) is 21.6 Å². The van der Waals surface area contributed by atoms with Gasteiger partial charge in [-0.2, -0.15) is 0 Å². The summed E-state index contributed by atoms with van der Waals surface area (Å²) >= 11 is 10.3. The molecule has 2 nitrogen and oxygen atoms in total. The monoisotopic (exact) mass is 465 g/mol. The van der Waals surface area contributed by atoms with Crippen LogP contribution in [-0.2, 0) is 6.54 Å². The van der Waals surface area contributed by atoms with Crippen LogP contribution in [0.25, 0.3) is 0 Å². The maximum Gasteiger partial charge on any atom is 0.135 e. The average molecular weight is 468 g/mol. The molecule has 1 N–H and O–H groups in total. The van der Waals surface area contributed by atoms with E-state index >= 15 is 0 Å². The first kappa shape index (κ1) is 15.8. The Balaban J connectivity index is 2.18. The van der Waals surface area contributed by atoms with E-state index in [9.17, 15) is 4.39 Å². The summed E-state index contributed by atoms with van der Waals surface area (Å²) in [4.78, 5) is 0. The molecule has 0 bridgehead atoms. The molecule has 0 radical (unpaired) electrons. The van der Waals surface area contributed by atoms with Crippen LogP contribution < -0.4 is 10.1 Å². The van der Waals surface area contributed by atoms with Gasteiger partial charge in [-0.3, -0.25) is 0 Å². The first-order chi connectivity index (χ1) is 9.51. The van der Waals surface area contributed by atoms with Crippen molar-refractivity contribution in [3.63, 3.8) is 0 Å². The summed E-state index contributed by atoms with van der Waals surface area (Å²) in [7, 11) is 1.62. The van der Waals surface area contributed by atoms with Gasteiger partial charge >= 0.3 is 0 Å². The number of rotatable bonds is 4. The fourth-order valence-corrected chi connectivity index (χ4v) is 3.46. The molecule has 20 heavy (non-hydrogen) atoms. The Morgan fingerprint density at radius 2 is 1.80 bits per heavy atom. The molecule has 2 rings (SSSR count). The van der Waals surface area contributed by atoms with E-state index in [1.54, 1.807) is 13.2 Å². The van der Waals surface area contributed by atoms with Crippen molar-refractivity contribution in [1.82, 2.24) is 0 Å². The van der Waals surface area contributed by atoms with Crippen LogP contribution in [0.5, 0.6) is 5.75 Å². The molecule has 0 fully saturated rings. The molecule has 0 aliphatic rings. The zero-order valence-corrected chi connectivity index (χ0v) is 15.3. The van der Waals surface area contributed by atoms with Crippen molar-refractivity contribution in [3.8, 4) is 5.75 Å². The molecule has 2 aromatic carbocycles. The number of hydrogen-bond acceptors (Lipinski definition) is 2. The number of methoxy groups -OCH3 is 1. The van der Waals surface area contributed by atoms with Crippen molar-refractivity contribution in [2.24, 2.45) is 0 Å².